The summed E-state index contributed by atoms with van der Waals surface area (Å²) in [5.41, 5.74) is 21.5. The van der Waals surface area contributed by atoms with Crippen LogP contribution >= 0.6 is 39.8 Å². The van der Waals surface area contributed by atoms with Crippen molar-refractivity contribution >= 4 is 45.1 Å². The molecule has 0 aliphatic carbocycles. The van der Waals surface area contributed by atoms with E-state index < -0.39 is 14.0 Å². The first-order chi connectivity index (χ1) is 31.2. The molecule has 1 nitrogen and oxygen atoms in total. The Morgan fingerprint density at radius 3 is 1.11 bits per heavy atom. The average molecular weight is 1000 g/mol. The molecule has 0 amide bonds. The molecule has 65 heavy (non-hydrogen) atoms. The third kappa shape index (κ3) is 9.43. The Bertz CT molecular complexity index is 2590. The summed E-state index contributed by atoms with van der Waals surface area (Å²) in [7, 11) is -1.05. The number of rotatable bonds is 11. The molecule has 1 saturated heterocycles. The zero-order valence-electron chi connectivity index (χ0n) is 39.9. The zero-order chi connectivity index (χ0) is 46.3. The van der Waals surface area contributed by atoms with Crippen LogP contribution in [-0.4, -0.2) is 11.2 Å². The fraction of sp³-hybridized carbons (Fsp3) is 0.311. The number of hydrogen-bond donors (Lipinski definition) is 1. The van der Waals surface area contributed by atoms with Gasteiger partial charge in [-0.25, -0.2) is 0 Å². The van der Waals surface area contributed by atoms with Crippen LogP contribution < -0.4 is 5.30 Å². The van der Waals surface area contributed by atoms with Crippen LogP contribution in [0.15, 0.2) is 148 Å². The predicted octanol–water partition coefficient (Wildman–Crippen LogP) is 18.7. The maximum absolute atomic E-state index is 12.2. The summed E-state index contributed by atoms with van der Waals surface area (Å²) >= 11 is 8.17. The van der Waals surface area contributed by atoms with Gasteiger partial charge in [0.2, 0.25) is 0 Å². The number of halogens is 2. The number of aliphatic hydroxyl groups excluding tert-OH is 1. The average Bonchev–Trinajstić information content (AvgIpc) is 3.28. The highest BCUT2D eigenvalue weighted by atomic mass is 79.9. The van der Waals surface area contributed by atoms with Gasteiger partial charge in [0.05, 0.1) is 6.10 Å². The van der Waals surface area contributed by atoms with E-state index in [-0.39, 0.29) is 35.0 Å². The fourth-order valence-electron chi connectivity index (χ4n) is 10.6. The van der Waals surface area contributed by atoms with Crippen LogP contribution in [0.1, 0.15) is 148 Å². The monoisotopic (exact) mass is 1000 g/mol. The number of benzene rings is 7. The molecule has 1 N–H and O–H groups in total. The maximum atomic E-state index is 12.2. The van der Waals surface area contributed by atoms with E-state index in [0.29, 0.717) is 12.8 Å². The lowest BCUT2D eigenvalue weighted by molar-refractivity contribution is 0.146. The Labute approximate surface area is 408 Å². The molecule has 1 fully saturated rings. The molecule has 1 aliphatic heterocycles. The second kappa shape index (κ2) is 20.0. The van der Waals surface area contributed by atoms with Crippen LogP contribution in [0.4, 0.5) is 0 Å². The van der Waals surface area contributed by atoms with Gasteiger partial charge in [0.15, 0.2) is 0 Å². The molecule has 0 aromatic heterocycles. The molecule has 1 heterocycles. The Morgan fingerprint density at radius 1 is 0.446 bits per heavy atom. The summed E-state index contributed by atoms with van der Waals surface area (Å²) in [6.45, 7) is 23.5. The lowest BCUT2D eigenvalue weighted by Gasteiger charge is -2.44. The van der Waals surface area contributed by atoms with Crippen molar-refractivity contribution in [3.8, 4) is 44.5 Å². The van der Waals surface area contributed by atoms with Crippen molar-refractivity contribution in [2.24, 2.45) is 0 Å². The molecule has 2 atom stereocenters. The molecule has 1 aliphatic rings. The minimum Gasteiger partial charge on any atom is -0.393 e. The van der Waals surface area contributed by atoms with E-state index in [9.17, 15) is 5.11 Å². The fourth-order valence-corrected chi connectivity index (χ4v) is 16.0. The van der Waals surface area contributed by atoms with Crippen molar-refractivity contribution in [3.63, 3.8) is 0 Å². The second-order valence-electron chi connectivity index (χ2n) is 19.6. The highest BCUT2D eigenvalue weighted by Gasteiger charge is 2.43. The number of hydrogen-bond acceptors (Lipinski definition) is 1. The van der Waals surface area contributed by atoms with Crippen LogP contribution in [0, 0.1) is 13.8 Å². The first-order valence-corrected chi connectivity index (χ1v) is 26.8. The first-order valence-electron chi connectivity index (χ1n) is 23.7. The van der Waals surface area contributed by atoms with Crippen molar-refractivity contribution < 1.29 is 5.11 Å². The molecular weight excluding hydrogens is 939 g/mol. The zero-order valence-corrected chi connectivity index (χ0v) is 44.0. The molecule has 8 rings (SSSR count). The van der Waals surface area contributed by atoms with E-state index in [1.165, 1.54) is 94.3 Å². The Kier molecular flexibility index (Phi) is 14.6. The summed E-state index contributed by atoms with van der Waals surface area (Å²) in [4.78, 5) is 0. The van der Waals surface area contributed by atoms with Crippen molar-refractivity contribution in [2.75, 3.05) is 0 Å². The minimum absolute atomic E-state index is 0.0776. The summed E-state index contributed by atoms with van der Waals surface area (Å²) in [6, 6.07) is 52.6. The summed E-state index contributed by atoms with van der Waals surface area (Å²) in [5, 5.41) is 13.6. The van der Waals surface area contributed by atoms with Gasteiger partial charge in [-0.1, -0.05) is 223 Å². The van der Waals surface area contributed by atoms with Crippen molar-refractivity contribution in [1.29, 1.82) is 0 Å². The van der Waals surface area contributed by atoms with E-state index in [4.69, 9.17) is 0 Å². The molecule has 2 unspecified atom stereocenters. The molecule has 0 radical (unpaired) electrons. The van der Waals surface area contributed by atoms with Crippen LogP contribution in [0.2, 0.25) is 0 Å². The SMILES string of the molecule is Cc1ccccc1-c1cc(C(C)C)c(-c2cccc(-c3c(C(C)C)cc(-c4ccccc4C)cc3C(C)C)c2P2C(c3ccccc3Br)CC(O)CC2c2ccccc2Br)c(C(C)C)c1. The molecule has 7 aromatic rings. The van der Waals surface area contributed by atoms with Crippen LogP contribution in [0.25, 0.3) is 44.5 Å². The van der Waals surface area contributed by atoms with Gasteiger partial charge in [-0.15, -0.1) is 0 Å². The van der Waals surface area contributed by atoms with Crippen LogP contribution in [0.3, 0.4) is 0 Å². The Hall–Kier alpha value is -4.11. The molecule has 0 bridgehead atoms. The van der Waals surface area contributed by atoms with E-state index in [0.717, 1.165) is 8.95 Å². The van der Waals surface area contributed by atoms with Gasteiger partial charge < -0.3 is 5.11 Å². The topological polar surface area (TPSA) is 20.2 Å². The van der Waals surface area contributed by atoms with E-state index in [1.807, 2.05) is 0 Å². The van der Waals surface area contributed by atoms with Gasteiger partial charge in [0.25, 0.3) is 0 Å². The molecule has 0 spiro atoms. The smallest absolute Gasteiger partial charge is 0.0559 e. The van der Waals surface area contributed by atoms with E-state index >= 15 is 0 Å². The normalized spacial score (nSPS) is 17.7. The molecule has 7 aromatic carbocycles. The Morgan fingerprint density at radius 2 is 0.769 bits per heavy atom. The van der Waals surface area contributed by atoms with Crippen molar-refractivity contribution in [3.05, 3.63) is 193 Å². The van der Waals surface area contributed by atoms with E-state index in [1.54, 1.807) is 0 Å². The molecule has 0 saturated carbocycles. The van der Waals surface area contributed by atoms with Gasteiger partial charge in [0.1, 0.15) is 0 Å². The van der Waals surface area contributed by atoms with Gasteiger partial charge >= 0.3 is 0 Å². The van der Waals surface area contributed by atoms with E-state index in [2.05, 4.69) is 241 Å². The first kappa shape index (κ1) is 47.4. The highest BCUT2D eigenvalue weighted by molar-refractivity contribution is 9.10. The number of aryl methyl sites for hydroxylation is 2. The van der Waals surface area contributed by atoms with Gasteiger partial charge in [-0.05, 0) is 157 Å². The second-order valence-corrected chi connectivity index (χ2v) is 23.8. The number of aliphatic hydroxyl groups is 1. The predicted molar refractivity (Wildman–Crippen MR) is 290 cm³/mol. The quantitative estimate of drug-likeness (QED) is 0.128. The lowest BCUT2D eigenvalue weighted by atomic mass is 9.79. The van der Waals surface area contributed by atoms with Gasteiger partial charge in [-0.2, -0.15) is 0 Å². The summed E-state index contributed by atoms with van der Waals surface area (Å²) in [6.07, 6.45) is 0.947. The molecule has 4 heteroatoms. The summed E-state index contributed by atoms with van der Waals surface area (Å²) < 4.78 is 2.22. The maximum Gasteiger partial charge on any atom is 0.0559 e. The van der Waals surface area contributed by atoms with Crippen molar-refractivity contribution in [1.82, 2.24) is 0 Å². The standard InChI is InChI=1S/C61H65Br2OP/c1-36(2)51-30-42(45-22-13-11-20-40(45)9)31-52(37(3)4)59(51)49-26-19-27-50(60-53(38(5)6)32-43(33-54(60)39(7)8)46-23-14-12-21-41(46)10)61(49)65-57(47-24-15-17-28-55(47)62)34-44(64)35-58(65)48-25-16-18-29-56(48)63/h11-33,36-39,44,57-58,64H,34-35H2,1-10H3. The van der Waals surface area contributed by atoms with Gasteiger partial charge in [-0.3, -0.25) is 0 Å². The Balaban J connectivity index is 1.57. The molecule has 334 valence electrons. The third-order valence-electron chi connectivity index (χ3n) is 13.8. The molecular formula is C61H65Br2OP. The van der Waals surface area contributed by atoms with Crippen LogP contribution in [-0.2, 0) is 0 Å². The third-order valence-corrected chi connectivity index (χ3v) is 18.6. The minimum atomic E-state index is -1.05. The van der Waals surface area contributed by atoms with Crippen LogP contribution in [0.5, 0.6) is 0 Å². The highest BCUT2D eigenvalue weighted by Crippen LogP contribution is 2.70. The van der Waals surface area contributed by atoms with Gasteiger partial charge in [0, 0.05) is 20.3 Å². The van der Waals surface area contributed by atoms with Crippen molar-refractivity contribution in [2.45, 2.75) is 123 Å². The lowest BCUT2D eigenvalue weighted by Crippen LogP contribution is -2.29. The largest absolute Gasteiger partial charge is 0.393 e. The summed E-state index contributed by atoms with van der Waals surface area (Å²) in [5.74, 6) is 1.08.